The smallest absolute Gasteiger partial charge is 0.269 e. The third kappa shape index (κ3) is 3.64. The van der Waals surface area contributed by atoms with Gasteiger partial charge in [-0.2, -0.15) is 0 Å². The Morgan fingerprint density at radius 1 is 1.23 bits per heavy atom. The first kappa shape index (κ1) is 21.0. The minimum absolute atomic E-state index is 0.0148. The van der Waals surface area contributed by atoms with Gasteiger partial charge < -0.3 is 4.57 Å². The topological polar surface area (TPSA) is 78.0 Å². The Morgan fingerprint density at radius 3 is 2.50 bits per heavy atom. The number of ketones is 1. The number of nitrogens with zero attached hydrogens (tertiary/aromatic N) is 3. The number of hydrogen-bond donors (Lipinski definition) is 0. The van der Waals surface area contributed by atoms with E-state index in [1.165, 1.54) is 35.2 Å². The second-order valence-corrected chi connectivity index (χ2v) is 10.2. The Labute approximate surface area is 190 Å². The molecule has 3 aromatic rings. The summed E-state index contributed by atoms with van der Waals surface area (Å²) in [5, 5.41) is 12.1. The Bertz CT molecular complexity index is 1230. The fourth-order valence-electron chi connectivity index (χ4n) is 3.29. The van der Waals surface area contributed by atoms with Crippen molar-refractivity contribution in [1.82, 2.24) is 9.55 Å². The fourth-order valence-corrected chi connectivity index (χ4v) is 6.97. The molecule has 152 valence electrons. The van der Waals surface area contributed by atoms with Gasteiger partial charge in [-0.3, -0.25) is 19.9 Å². The predicted octanol–water partition coefficient (Wildman–Crippen LogP) is 5.81. The van der Waals surface area contributed by atoms with Crippen molar-refractivity contribution in [2.75, 3.05) is 6.26 Å². The zero-order valence-electron chi connectivity index (χ0n) is 15.9. The largest absolute Gasteiger partial charge is 0.321 e. The summed E-state index contributed by atoms with van der Waals surface area (Å²) < 4.78 is 3.58. The molecule has 2 aromatic heterocycles. The van der Waals surface area contributed by atoms with E-state index in [0.29, 0.717) is 11.1 Å². The molecule has 0 saturated carbocycles. The van der Waals surface area contributed by atoms with Gasteiger partial charge in [0.05, 0.1) is 25.0 Å². The normalized spacial score (nSPS) is 15.7. The van der Waals surface area contributed by atoms with E-state index in [-0.39, 0.29) is 17.4 Å². The maximum Gasteiger partial charge on any atom is 0.269 e. The highest BCUT2D eigenvalue weighted by molar-refractivity contribution is 8.22. The molecule has 6 nitrogen and oxygen atoms in total. The molecule has 10 heteroatoms. The highest BCUT2D eigenvalue weighted by Crippen LogP contribution is 2.53. The minimum atomic E-state index is -0.426. The first-order chi connectivity index (χ1) is 14.4. The van der Waals surface area contributed by atoms with Crippen molar-refractivity contribution in [2.45, 2.75) is 10.9 Å². The predicted molar refractivity (Wildman–Crippen MR) is 124 cm³/mol. The van der Waals surface area contributed by atoms with Crippen LogP contribution < -0.4 is 0 Å². The average molecular weight is 474 g/mol. The number of non-ortho nitro benzene ring substituents is 1. The molecule has 0 N–H and O–H groups in total. The SMILES string of the molecule is CSC1=C(C(=O)c2ccncc2)C(c2ccc([N+](=O)[O-])cc2)c2sc(=S)n(C)c2S1. The third-order valence-corrected chi connectivity index (χ3v) is 8.94. The van der Waals surface area contributed by atoms with Gasteiger partial charge >= 0.3 is 0 Å². The molecule has 1 aliphatic heterocycles. The highest BCUT2D eigenvalue weighted by Gasteiger charge is 2.37. The summed E-state index contributed by atoms with van der Waals surface area (Å²) in [5.41, 5.74) is 2.06. The lowest BCUT2D eigenvalue weighted by molar-refractivity contribution is -0.384. The maximum absolute atomic E-state index is 13.6. The van der Waals surface area contributed by atoms with Crippen molar-refractivity contribution in [3.05, 3.63) is 88.7 Å². The van der Waals surface area contributed by atoms with Gasteiger partial charge in [0.2, 0.25) is 0 Å². The Balaban J connectivity index is 1.94. The molecule has 4 rings (SSSR count). The fraction of sp³-hybridized carbons (Fsp3) is 0.150. The molecular weight excluding hydrogens is 459 g/mol. The molecule has 30 heavy (non-hydrogen) atoms. The molecule has 0 fully saturated rings. The molecule has 1 aromatic carbocycles. The van der Waals surface area contributed by atoms with Crippen LogP contribution >= 0.6 is 47.1 Å². The number of thiazole rings is 1. The lowest BCUT2D eigenvalue weighted by Gasteiger charge is -2.27. The summed E-state index contributed by atoms with van der Waals surface area (Å²) in [6, 6.07) is 9.81. The van der Waals surface area contributed by atoms with Crippen molar-refractivity contribution in [3.8, 4) is 0 Å². The van der Waals surface area contributed by atoms with Crippen LogP contribution in [-0.2, 0) is 7.05 Å². The van der Waals surface area contributed by atoms with E-state index in [1.807, 2.05) is 17.9 Å². The highest BCUT2D eigenvalue weighted by atomic mass is 32.2. The number of carbonyl (C=O) groups is 1. The Morgan fingerprint density at radius 2 is 1.90 bits per heavy atom. The van der Waals surface area contributed by atoms with Crippen LogP contribution in [0, 0.1) is 14.1 Å². The third-order valence-electron chi connectivity index (χ3n) is 4.76. The van der Waals surface area contributed by atoms with E-state index >= 15 is 0 Å². The van der Waals surface area contributed by atoms with Crippen molar-refractivity contribution < 1.29 is 9.72 Å². The number of nitro benzene ring substituents is 1. The quantitative estimate of drug-likeness (QED) is 0.200. The van der Waals surface area contributed by atoms with Crippen LogP contribution in [-0.4, -0.2) is 26.5 Å². The lowest BCUT2D eigenvalue weighted by Crippen LogP contribution is -2.18. The first-order valence-corrected chi connectivity index (χ1v) is 12.0. The summed E-state index contributed by atoms with van der Waals surface area (Å²) in [6.45, 7) is 0. The molecule has 0 radical (unpaired) electrons. The van der Waals surface area contributed by atoms with Gasteiger partial charge in [0, 0.05) is 42.7 Å². The number of pyridine rings is 1. The molecule has 0 amide bonds. The number of hydrogen-bond acceptors (Lipinski definition) is 8. The maximum atomic E-state index is 13.6. The van der Waals surface area contributed by atoms with Gasteiger partial charge in [0.15, 0.2) is 9.74 Å². The number of allylic oxidation sites excluding steroid dienone is 1. The number of thioether (sulfide) groups is 2. The summed E-state index contributed by atoms with van der Waals surface area (Å²) in [5.74, 6) is -0.428. The summed E-state index contributed by atoms with van der Waals surface area (Å²) in [4.78, 5) is 29.3. The average Bonchev–Trinajstić information content (AvgIpc) is 3.06. The van der Waals surface area contributed by atoms with Crippen molar-refractivity contribution >= 4 is 58.5 Å². The van der Waals surface area contributed by atoms with E-state index in [2.05, 4.69) is 4.98 Å². The van der Waals surface area contributed by atoms with Crippen LogP contribution in [0.25, 0.3) is 0 Å². The number of Topliss-reactive ketones (excluding diaryl/α,β-unsaturated/α-hetero) is 1. The Kier molecular flexibility index (Phi) is 5.92. The minimum Gasteiger partial charge on any atom is -0.321 e. The van der Waals surface area contributed by atoms with Crippen LogP contribution in [0.2, 0.25) is 0 Å². The van der Waals surface area contributed by atoms with Crippen molar-refractivity contribution in [3.63, 3.8) is 0 Å². The van der Waals surface area contributed by atoms with Gasteiger partial charge in [0.1, 0.15) is 0 Å². The second kappa shape index (κ2) is 8.46. The van der Waals surface area contributed by atoms with Crippen LogP contribution in [0.5, 0.6) is 0 Å². The van der Waals surface area contributed by atoms with E-state index in [4.69, 9.17) is 12.2 Å². The first-order valence-electron chi connectivity index (χ1n) is 8.77. The number of rotatable bonds is 5. The van der Waals surface area contributed by atoms with E-state index in [0.717, 1.165) is 23.7 Å². The molecule has 3 heterocycles. The molecule has 1 unspecified atom stereocenters. The number of aromatic nitrogens is 2. The molecule has 0 saturated heterocycles. The Hall–Kier alpha value is -2.27. The van der Waals surface area contributed by atoms with Crippen LogP contribution in [0.1, 0.15) is 26.7 Å². The molecule has 0 bridgehead atoms. The lowest BCUT2D eigenvalue weighted by atomic mass is 9.86. The van der Waals surface area contributed by atoms with Crippen molar-refractivity contribution in [2.24, 2.45) is 7.05 Å². The van der Waals surface area contributed by atoms with Gasteiger partial charge in [-0.05, 0) is 36.2 Å². The summed E-state index contributed by atoms with van der Waals surface area (Å²) in [7, 11) is 1.92. The molecule has 1 atom stereocenters. The number of fused-ring (bicyclic) bond motifs is 1. The second-order valence-electron chi connectivity index (χ2n) is 6.45. The molecule has 0 spiro atoms. The number of benzene rings is 1. The zero-order valence-corrected chi connectivity index (χ0v) is 19.2. The van der Waals surface area contributed by atoms with Gasteiger partial charge in [-0.1, -0.05) is 23.9 Å². The molecular formula is C20H15N3O3S4. The monoisotopic (exact) mass is 473 g/mol. The summed E-state index contributed by atoms with van der Waals surface area (Å²) >= 11 is 10.1. The summed E-state index contributed by atoms with van der Waals surface area (Å²) in [6.07, 6.45) is 5.14. The van der Waals surface area contributed by atoms with E-state index in [9.17, 15) is 14.9 Å². The number of carbonyl (C=O) groups excluding carboxylic acids is 1. The van der Waals surface area contributed by atoms with Crippen LogP contribution in [0.15, 0.2) is 63.6 Å². The molecule has 0 aliphatic carbocycles. The van der Waals surface area contributed by atoms with Crippen LogP contribution in [0.4, 0.5) is 5.69 Å². The van der Waals surface area contributed by atoms with E-state index in [1.54, 1.807) is 48.4 Å². The van der Waals surface area contributed by atoms with Gasteiger partial charge in [-0.25, -0.2) is 0 Å². The molecule has 1 aliphatic rings. The van der Waals surface area contributed by atoms with Gasteiger partial charge in [-0.15, -0.1) is 23.1 Å². The van der Waals surface area contributed by atoms with Crippen molar-refractivity contribution in [1.29, 1.82) is 0 Å². The zero-order chi connectivity index (χ0) is 21.4. The number of nitro groups is 1. The van der Waals surface area contributed by atoms with Gasteiger partial charge in [0.25, 0.3) is 5.69 Å². The standard InChI is InChI=1S/C20H15N3O3S4/c1-22-18-17(29-20(22)27)14(11-3-5-13(6-4-11)23(25)26)15(19(28-2)30-18)16(24)12-7-9-21-10-8-12/h3-10,14H,1-2H3. The van der Waals surface area contributed by atoms with E-state index < -0.39 is 4.92 Å². The van der Waals surface area contributed by atoms with Crippen LogP contribution in [0.3, 0.4) is 0 Å².